The van der Waals surface area contributed by atoms with Gasteiger partial charge in [0.1, 0.15) is 5.75 Å². The van der Waals surface area contributed by atoms with Crippen LogP contribution in [0.5, 0.6) is 17.2 Å². The van der Waals surface area contributed by atoms with Gasteiger partial charge in [0.05, 0.1) is 25.5 Å². The van der Waals surface area contributed by atoms with Crippen LogP contribution in [0.15, 0.2) is 36.4 Å². The minimum atomic E-state index is -0.0280. The van der Waals surface area contributed by atoms with Crippen molar-refractivity contribution in [3.63, 3.8) is 0 Å². The lowest BCUT2D eigenvalue weighted by atomic mass is 10.0. The molecule has 0 radical (unpaired) electrons. The zero-order chi connectivity index (χ0) is 18.0. The van der Waals surface area contributed by atoms with Crippen LogP contribution >= 0.6 is 0 Å². The van der Waals surface area contributed by atoms with Gasteiger partial charge in [0.25, 0.3) is 0 Å². The van der Waals surface area contributed by atoms with Crippen LogP contribution in [0.4, 0.5) is 0 Å². The van der Waals surface area contributed by atoms with Gasteiger partial charge < -0.3 is 20.0 Å². The molecule has 0 bridgehead atoms. The smallest absolute Gasteiger partial charge is 0.161 e. The molecule has 1 aliphatic heterocycles. The van der Waals surface area contributed by atoms with Crippen LogP contribution in [0.25, 0.3) is 5.70 Å². The van der Waals surface area contributed by atoms with Crippen LogP contribution < -0.4 is 20.3 Å². The molecule has 1 heterocycles. The monoisotopic (exact) mass is 340 g/mol. The van der Waals surface area contributed by atoms with Gasteiger partial charge in [0, 0.05) is 5.56 Å². The number of hydrogen-bond acceptors (Lipinski definition) is 5. The Hall–Kier alpha value is -2.66. The second kappa shape index (κ2) is 7.07. The number of benzene rings is 2. The summed E-state index contributed by atoms with van der Waals surface area (Å²) in [7, 11) is 1.64. The van der Waals surface area contributed by atoms with Crippen LogP contribution in [0.3, 0.4) is 0 Å². The molecule has 2 aromatic carbocycles. The first kappa shape index (κ1) is 17.2. The Kier molecular flexibility index (Phi) is 4.86. The van der Waals surface area contributed by atoms with E-state index in [2.05, 4.69) is 16.9 Å². The molecule has 0 aromatic heterocycles. The van der Waals surface area contributed by atoms with Crippen LogP contribution in [0.2, 0.25) is 0 Å². The Morgan fingerprint density at radius 3 is 2.64 bits per heavy atom. The van der Waals surface area contributed by atoms with E-state index >= 15 is 0 Å². The Labute approximate surface area is 148 Å². The molecule has 0 amide bonds. The Bertz CT molecular complexity index is 815. The first-order valence-electron chi connectivity index (χ1n) is 8.38. The lowest BCUT2D eigenvalue weighted by Crippen LogP contribution is -2.26. The van der Waals surface area contributed by atoms with Crippen LogP contribution in [0, 0.1) is 13.8 Å². The summed E-state index contributed by atoms with van der Waals surface area (Å²) in [5, 5.41) is 10.4. The highest BCUT2D eigenvalue weighted by Gasteiger charge is 2.21. The molecule has 0 saturated carbocycles. The number of rotatable bonds is 5. The maximum atomic E-state index is 10.4. The van der Waals surface area contributed by atoms with E-state index in [0.717, 1.165) is 33.7 Å². The number of hydrogen-bond donors (Lipinski definition) is 3. The number of phenols is 1. The van der Waals surface area contributed by atoms with E-state index in [9.17, 15) is 5.11 Å². The molecule has 1 aliphatic rings. The predicted octanol–water partition coefficient (Wildman–Crippen LogP) is 3.61. The van der Waals surface area contributed by atoms with Crippen molar-refractivity contribution in [3.05, 3.63) is 58.7 Å². The third kappa shape index (κ3) is 3.42. The highest BCUT2D eigenvalue weighted by Crippen LogP contribution is 2.35. The van der Waals surface area contributed by atoms with E-state index in [1.165, 1.54) is 0 Å². The van der Waals surface area contributed by atoms with Crippen LogP contribution in [0.1, 0.15) is 35.2 Å². The summed E-state index contributed by atoms with van der Waals surface area (Å²) in [6, 6.07) is 9.80. The topological polar surface area (TPSA) is 62.8 Å². The van der Waals surface area contributed by atoms with Gasteiger partial charge in [-0.1, -0.05) is 12.1 Å². The number of aryl methyl sites for hydroxylation is 2. The van der Waals surface area contributed by atoms with Gasteiger partial charge >= 0.3 is 0 Å². The fourth-order valence-corrected chi connectivity index (χ4v) is 3.06. The quantitative estimate of drug-likeness (QED) is 0.776. The van der Waals surface area contributed by atoms with Crippen molar-refractivity contribution in [2.75, 3.05) is 13.7 Å². The zero-order valence-electron chi connectivity index (χ0n) is 15.0. The lowest BCUT2D eigenvalue weighted by Gasteiger charge is -2.14. The second-order valence-corrected chi connectivity index (χ2v) is 6.15. The number of aromatic hydroxyl groups is 1. The molecule has 0 unspecified atom stereocenters. The van der Waals surface area contributed by atoms with Gasteiger partial charge in [-0.3, -0.25) is 0 Å². The third-order valence-electron chi connectivity index (χ3n) is 4.28. The van der Waals surface area contributed by atoms with Crippen molar-refractivity contribution in [3.8, 4) is 17.2 Å². The molecule has 3 N–H and O–H groups in total. The summed E-state index contributed by atoms with van der Waals surface area (Å²) in [6.45, 7) is 6.47. The van der Waals surface area contributed by atoms with Crippen molar-refractivity contribution in [1.82, 2.24) is 10.9 Å². The highest BCUT2D eigenvalue weighted by molar-refractivity contribution is 5.72. The molecule has 25 heavy (non-hydrogen) atoms. The average molecular weight is 340 g/mol. The van der Waals surface area contributed by atoms with Gasteiger partial charge in [-0.15, -0.1) is 0 Å². The zero-order valence-corrected chi connectivity index (χ0v) is 15.0. The van der Waals surface area contributed by atoms with Crippen LogP contribution in [-0.2, 0) is 0 Å². The first-order chi connectivity index (χ1) is 12.0. The maximum absolute atomic E-state index is 10.4. The van der Waals surface area contributed by atoms with E-state index in [1.54, 1.807) is 7.11 Å². The summed E-state index contributed by atoms with van der Waals surface area (Å²) >= 11 is 0. The maximum Gasteiger partial charge on any atom is 0.161 e. The summed E-state index contributed by atoms with van der Waals surface area (Å²) in [4.78, 5) is 0. The number of nitrogens with one attached hydrogen (secondary N) is 2. The second-order valence-electron chi connectivity index (χ2n) is 6.15. The number of ether oxygens (including phenoxy) is 2. The fraction of sp³-hybridized carbons (Fsp3) is 0.300. The van der Waals surface area contributed by atoms with Crippen molar-refractivity contribution in [2.24, 2.45) is 0 Å². The molecule has 0 saturated heterocycles. The van der Waals surface area contributed by atoms with Gasteiger partial charge in [0.2, 0.25) is 0 Å². The molecule has 5 heteroatoms. The highest BCUT2D eigenvalue weighted by atomic mass is 16.5. The first-order valence-corrected chi connectivity index (χ1v) is 8.38. The van der Waals surface area contributed by atoms with E-state index < -0.39 is 0 Å². The molecule has 1 atom stereocenters. The Morgan fingerprint density at radius 2 is 1.92 bits per heavy atom. The summed E-state index contributed by atoms with van der Waals surface area (Å²) in [5.74, 6) is 1.74. The molecule has 2 aromatic rings. The van der Waals surface area contributed by atoms with Crippen LogP contribution in [-0.4, -0.2) is 18.8 Å². The van der Waals surface area contributed by atoms with Gasteiger partial charge in [-0.2, -0.15) is 0 Å². The molecular formula is C20H24N2O3. The summed E-state index contributed by atoms with van der Waals surface area (Å²) in [5.41, 5.74) is 11.1. The lowest BCUT2D eigenvalue weighted by molar-refractivity contribution is 0.310. The Balaban J connectivity index is 1.92. The largest absolute Gasteiger partial charge is 0.507 e. The summed E-state index contributed by atoms with van der Waals surface area (Å²) < 4.78 is 11.0. The number of methoxy groups -OCH3 is 1. The van der Waals surface area contributed by atoms with Gasteiger partial charge in [0.15, 0.2) is 11.5 Å². The third-order valence-corrected chi connectivity index (χ3v) is 4.28. The van der Waals surface area contributed by atoms with E-state index in [1.807, 2.05) is 51.1 Å². The van der Waals surface area contributed by atoms with E-state index in [-0.39, 0.29) is 6.04 Å². The minimum absolute atomic E-state index is 0.0280. The minimum Gasteiger partial charge on any atom is -0.507 e. The SMILES string of the molecule is CCOc1ccc([C@H]2C=C(c3cc(C)cc(C)c3O)NN2)cc1OC. The van der Waals surface area contributed by atoms with Gasteiger partial charge in [-0.25, -0.2) is 5.43 Å². The molecule has 5 nitrogen and oxygen atoms in total. The van der Waals surface area contributed by atoms with Crippen molar-refractivity contribution < 1.29 is 14.6 Å². The normalized spacial score (nSPS) is 16.3. The standard InChI is InChI=1S/C20H24N2O3/c1-5-25-18-7-6-14(10-19(18)24-4)16-11-17(22-21-16)15-9-12(2)8-13(3)20(15)23/h6-11,16,21-23H,5H2,1-4H3/t16-/m1/s1. The molecular weight excluding hydrogens is 316 g/mol. The van der Waals surface area contributed by atoms with Crippen molar-refractivity contribution >= 4 is 5.70 Å². The van der Waals surface area contributed by atoms with Crippen molar-refractivity contribution in [1.29, 1.82) is 0 Å². The molecule has 0 spiro atoms. The average Bonchev–Trinajstić information content (AvgIpc) is 3.08. The molecule has 3 rings (SSSR count). The van der Waals surface area contributed by atoms with E-state index in [0.29, 0.717) is 18.1 Å². The van der Waals surface area contributed by atoms with Crippen molar-refractivity contribution in [2.45, 2.75) is 26.8 Å². The molecule has 0 fully saturated rings. The van der Waals surface area contributed by atoms with Gasteiger partial charge in [-0.05, 0) is 61.7 Å². The predicted molar refractivity (Wildman–Crippen MR) is 98.7 cm³/mol. The summed E-state index contributed by atoms with van der Waals surface area (Å²) in [6.07, 6.45) is 2.06. The number of hydrazine groups is 1. The number of phenolic OH excluding ortho intramolecular Hbond substituents is 1. The van der Waals surface area contributed by atoms with E-state index in [4.69, 9.17) is 9.47 Å². The molecule has 0 aliphatic carbocycles. The molecule has 132 valence electrons. The fourth-order valence-electron chi connectivity index (χ4n) is 3.06. The Morgan fingerprint density at radius 1 is 1.12 bits per heavy atom.